The van der Waals surface area contributed by atoms with Crippen LogP contribution in [0, 0.1) is 0 Å². The van der Waals surface area contributed by atoms with E-state index in [4.69, 9.17) is 0 Å². The molecule has 20 heavy (non-hydrogen) atoms. The average Bonchev–Trinajstić information content (AvgIpc) is 2.69. The van der Waals surface area contributed by atoms with Crippen LogP contribution in [0.5, 0.6) is 0 Å². The summed E-state index contributed by atoms with van der Waals surface area (Å²) in [5.41, 5.74) is 0. The van der Waals surface area contributed by atoms with Crippen LogP contribution in [-0.2, 0) is 10.0 Å². The summed E-state index contributed by atoms with van der Waals surface area (Å²) in [5.74, 6) is 1.06. The summed E-state index contributed by atoms with van der Waals surface area (Å²) < 4.78 is 24.8. The highest BCUT2D eigenvalue weighted by atomic mass is 127. The van der Waals surface area contributed by atoms with E-state index in [0.29, 0.717) is 19.6 Å². The highest BCUT2D eigenvalue weighted by Gasteiger charge is 2.27. The van der Waals surface area contributed by atoms with Crippen LogP contribution >= 0.6 is 24.0 Å². The van der Waals surface area contributed by atoms with Gasteiger partial charge in [-0.3, -0.25) is 4.99 Å². The monoisotopic (exact) mass is 418 g/mol. The molecule has 8 heteroatoms. The molecule has 1 fully saturated rings. The Morgan fingerprint density at radius 3 is 2.60 bits per heavy atom. The predicted molar refractivity (Wildman–Crippen MR) is 94.3 cm³/mol. The summed E-state index contributed by atoms with van der Waals surface area (Å²) in [6, 6.07) is 0. The number of unbranched alkanes of at least 4 members (excludes halogenated alkanes) is 1. The van der Waals surface area contributed by atoms with Crippen molar-refractivity contribution in [1.29, 1.82) is 0 Å². The van der Waals surface area contributed by atoms with Crippen LogP contribution < -0.4 is 10.6 Å². The van der Waals surface area contributed by atoms with Gasteiger partial charge < -0.3 is 10.6 Å². The summed E-state index contributed by atoms with van der Waals surface area (Å²) in [6.07, 6.45) is 2.93. The van der Waals surface area contributed by atoms with Gasteiger partial charge >= 0.3 is 0 Å². The molecule has 0 bridgehead atoms. The number of guanidine groups is 1. The van der Waals surface area contributed by atoms with Gasteiger partial charge in [0.2, 0.25) is 10.0 Å². The highest BCUT2D eigenvalue weighted by Crippen LogP contribution is 2.11. The molecule has 1 heterocycles. The number of sulfonamides is 1. The summed E-state index contributed by atoms with van der Waals surface area (Å²) in [7, 11) is -2.99. The van der Waals surface area contributed by atoms with Crippen molar-refractivity contribution in [2.45, 2.75) is 33.1 Å². The van der Waals surface area contributed by atoms with Crippen LogP contribution in [0.15, 0.2) is 4.99 Å². The van der Waals surface area contributed by atoms with Gasteiger partial charge in [-0.1, -0.05) is 13.3 Å². The van der Waals surface area contributed by atoms with Crippen molar-refractivity contribution < 1.29 is 8.42 Å². The third kappa shape index (κ3) is 7.07. The molecule has 0 atom stereocenters. The van der Waals surface area contributed by atoms with Gasteiger partial charge in [0, 0.05) is 32.7 Å². The molecule has 0 aromatic heterocycles. The molecule has 1 aliphatic heterocycles. The van der Waals surface area contributed by atoms with Crippen molar-refractivity contribution in [2.75, 3.05) is 38.5 Å². The van der Waals surface area contributed by atoms with Crippen molar-refractivity contribution in [2.24, 2.45) is 4.99 Å². The van der Waals surface area contributed by atoms with E-state index in [1.54, 1.807) is 4.31 Å². The number of nitrogens with zero attached hydrogens (tertiary/aromatic N) is 2. The molecule has 1 aliphatic rings. The minimum Gasteiger partial charge on any atom is -0.357 e. The van der Waals surface area contributed by atoms with Crippen molar-refractivity contribution in [1.82, 2.24) is 14.9 Å². The van der Waals surface area contributed by atoms with Crippen LogP contribution in [0.1, 0.15) is 33.1 Å². The first kappa shape index (κ1) is 19.9. The molecule has 1 rings (SSSR count). The molecule has 6 nitrogen and oxygen atoms in total. The lowest BCUT2D eigenvalue weighted by molar-refractivity contribution is 0.445. The topological polar surface area (TPSA) is 73.8 Å². The number of rotatable bonds is 7. The van der Waals surface area contributed by atoms with E-state index < -0.39 is 10.0 Å². The lowest BCUT2D eigenvalue weighted by Crippen LogP contribution is -2.42. The molecule has 1 saturated heterocycles. The SMILES string of the molecule is CCCCN=C(NCC)NCCN1CCCS1(=O)=O.I. The van der Waals surface area contributed by atoms with E-state index in [-0.39, 0.29) is 29.7 Å². The first-order chi connectivity index (χ1) is 9.10. The van der Waals surface area contributed by atoms with E-state index in [2.05, 4.69) is 22.5 Å². The van der Waals surface area contributed by atoms with Gasteiger partial charge in [-0.2, -0.15) is 0 Å². The van der Waals surface area contributed by atoms with E-state index >= 15 is 0 Å². The second-order valence-electron chi connectivity index (χ2n) is 4.61. The van der Waals surface area contributed by atoms with Crippen LogP contribution in [0.2, 0.25) is 0 Å². The maximum atomic E-state index is 11.6. The summed E-state index contributed by atoms with van der Waals surface area (Å²) in [5, 5.41) is 6.34. The Morgan fingerprint density at radius 2 is 2.05 bits per heavy atom. The minimum atomic E-state index is -2.99. The van der Waals surface area contributed by atoms with Crippen molar-refractivity contribution in [3.8, 4) is 0 Å². The second kappa shape index (κ2) is 10.6. The predicted octanol–water partition coefficient (Wildman–Crippen LogP) is 0.995. The Hall–Kier alpha value is -0.0900. The first-order valence-corrected chi connectivity index (χ1v) is 8.71. The number of nitrogens with one attached hydrogen (secondary N) is 2. The molecule has 0 amide bonds. The van der Waals surface area contributed by atoms with Gasteiger partial charge in [-0.05, 0) is 19.8 Å². The average molecular weight is 418 g/mol. The number of hydrogen-bond acceptors (Lipinski definition) is 3. The maximum absolute atomic E-state index is 11.6. The first-order valence-electron chi connectivity index (χ1n) is 7.10. The van der Waals surface area contributed by atoms with Gasteiger partial charge in [-0.25, -0.2) is 12.7 Å². The number of halogens is 1. The molecule has 0 aliphatic carbocycles. The zero-order valence-corrected chi connectivity index (χ0v) is 15.5. The van der Waals surface area contributed by atoms with E-state index in [0.717, 1.165) is 38.3 Å². The molecule has 0 radical (unpaired) electrons. The largest absolute Gasteiger partial charge is 0.357 e. The second-order valence-corrected chi connectivity index (χ2v) is 6.70. The Morgan fingerprint density at radius 1 is 1.30 bits per heavy atom. The Bertz CT molecular complexity index is 387. The van der Waals surface area contributed by atoms with Gasteiger partial charge in [-0.15, -0.1) is 24.0 Å². The van der Waals surface area contributed by atoms with Crippen molar-refractivity contribution in [3.63, 3.8) is 0 Å². The van der Waals surface area contributed by atoms with Crippen LogP contribution in [0.4, 0.5) is 0 Å². The Kier molecular flexibility index (Phi) is 10.6. The van der Waals surface area contributed by atoms with E-state index in [9.17, 15) is 8.42 Å². The zero-order valence-electron chi connectivity index (χ0n) is 12.4. The fourth-order valence-corrected chi connectivity index (χ4v) is 3.46. The third-order valence-electron chi connectivity index (χ3n) is 2.98. The molecule has 0 saturated carbocycles. The molecule has 0 unspecified atom stereocenters. The molecule has 120 valence electrons. The smallest absolute Gasteiger partial charge is 0.214 e. The van der Waals surface area contributed by atoms with E-state index in [1.165, 1.54) is 0 Å². The number of hydrogen-bond donors (Lipinski definition) is 2. The Balaban J connectivity index is 0.00000361. The third-order valence-corrected chi connectivity index (χ3v) is 4.94. The number of aliphatic imine (C=N–C) groups is 1. The molecular formula is C12H27IN4O2S. The van der Waals surface area contributed by atoms with Gasteiger partial charge in [0.15, 0.2) is 5.96 Å². The summed E-state index contributed by atoms with van der Waals surface area (Å²) in [6.45, 7) is 7.51. The zero-order chi connectivity index (χ0) is 14.1. The van der Waals surface area contributed by atoms with Crippen molar-refractivity contribution >= 4 is 40.0 Å². The summed E-state index contributed by atoms with van der Waals surface area (Å²) >= 11 is 0. The molecule has 0 aromatic rings. The molecular weight excluding hydrogens is 391 g/mol. The highest BCUT2D eigenvalue weighted by molar-refractivity contribution is 14.0. The maximum Gasteiger partial charge on any atom is 0.214 e. The lowest BCUT2D eigenvalue weighted by atomic mass is 10.3. The fourth-order valence-electron chi connectivity index (χ4n) is 1.93. The van der Waals surface area contributed by atoms with Crippen molar-refractivity contribution in [3.05, 3.63) is 0 Å². The van der Waals surface area contributed by atoms with Gasteiger partial charge in [0.05, 0.1) is 5.75 Å². The quantitative estimate of drug-likeness (QED) is 0.280. The van der Waals surface area contributed by atoms with Gasteiger partial charge in [0.1, 0.15) is 0 Å². The summed E-state index contributed by atoms with van der Waals surface area (Å²) in [4.78, 5) is 4.43. The fraction of sp³-hybridized carbons (Fsp3) is 0.917. The van der Waals surface area contributed by atoms with Crippen LogP contribution in [0.3, 0.4) is 0 Å². The lowest BCUT2D eigenvalue weighted by Gasteiger charge is -2.16. The molecule has 0 spiro atoms. The van der Waals surface area contributed by atoms with Crippen LogP contribution in [0.25, 0.3) is 0 Å². The minimum absolute atomic E-state index is 0. The standard InChI is InChI=1S/C12H26N4O2S.HI/c1-3-5-7-14-12(13-4-2)15-8-10-16-9-6-11-19(16,17)18;/h3-11H2,1-2H3,(H2,13,14,15);1H. The normalized spacial score (nSPS) is 18.6. The van der Waals surface area contributed by atoms with Gasteiger partial charge in [0.25, 0.3) is 0 Å². The van der Waals surface area contributed by atoms with Crippen LogP contribution in [-0.4, -0.2) is 57.2 Å². The van der Waals surface area contributed by atoms with E-state index in [1.807, 2.05) is 6.92 Å². The Labute approximate surface area is 139 Å². The molecule has 0 aromatic carbocycles. The molecule has 2 N–H and O–H groups in total.